The molecule has 0 radical (unpaired) electrons. The normalized spacial score (nSPS) is 13.0. The third-order valence-corrected chi connectivity index (χ3v) is 5.26. The van der Waals surface area contributed by atoms with Crippen molar-refractivity contribution in [2.45, 2.75) is 52.4 Å². The Balaban J connectivity index is 2.42. The van der Waals surface area contributed by atoms with E-state index < -0.39 is 0 Å². The summed E-state index contributed by atoms with van der Waals surface area (Å²) in [6.45, 7) is 13.9. The molecule has 0 atom stereocenters. The van der Waals surface area contributed by atoms with Crippen LogP contribution in [0.2, 0.25) is 0 Å². The molecule has 0 aliphatic rings. The molecule has 0 unspecified atom stereocenters. The van der Waals surface area contributed by atoms with Crippen LogP contribution in [-0.2, 0) is 10.8 Å². The van der Waals surface area contributed by atoms with Crippen molar-refractivity contribution in [1.29, 1.82) is 0 Å². The Hall–Kier alpha value is -2.41. The van der Waals surface area contributed by atoms with Crippen LogP contribution in [-0.4, -0.2) is 4.98 Å². The van der Waals surface area contributed by atoms with Crippen molar-refractivity contribution < 1.29 is 0 Å². The third kappa shape index (κ3) is 2.49. The quantitative estimate of drug-likeness (QED) is 0.245. The van der Waals surface area contributed by atoms with E-state index >= 15 is 0 Å². The highest BCUT2D eigenvalue weighted by Crippen LogP contribution is 2.45. The van der Waals surface area contributed by atoms with Gasteiger partial charge in [-0.15, -0.1) is 0 Å². The van der Waals surface area contributed by atoms with Crippen LogP contribution in [0.3, 0.4) is 0 Å². The van der Waals surface area contributed by atoms with Gasteiger partial charge in [-0.05, 0) is 44.2 Å². The zero-order valence-electron chi connectivity index (χ0n) is 16.6. The van der Waals surface area contributed by atoms with E-state index in [1.54, 1.807) is 0 Å². The number of pyridine rings is 1. The largest absolute Gasteiger partial charge is 0.256 e. The Morgan fingerprint density at radius 1 is 0.577 bits per heavy atom. The monoisotopic (exact) mass is 341 g/mol. The van der Waals surface area contributed by atoms with Crippen molar-refractivity contribution >= 4 is 32.4 Å². The Morgan fingerprint density at radius 2 is 1.08 bits per heavy atom. The van der Waals surface area contributed by atoms with Crippen molar-refractivity contribution in [3.63, 3.8) is 0 Å². The van der Waals surface area contributed by atoms with Gasteiger partial charge in [0.2, 0.25) is 0 Å². The summed E-state index contributed by atoms with van der Waals surface area (Å²) >= 11 is 0. The van der Waals surface area contributed by atoms with Crippen LogP contribution in [0.5, 0.6) is 0 Å². The van der Waals surface area contributed by atoms with Crippen LogP contribution < -0.4 is 0 Å². The van der Waals surface area contributed by atoms with Gasteiger partial charge in [0.1, 0.15) is 0 Å². The lowest BCUT2D eigenvalue weighted by Gasteiger charge is -2.30. The number of benzene rings is 3. The molecule has 0 aliphatic carbocycles. The molecule has 0 aliphatic heterocycles. The Kier molecular flexibility index (Phi) is 3.63. The molecule has 0 bridgehead atoms. The standard InChI is InChI=1S/C25H27N/c1-24(2,3)22-16-11-7-8-12-17(16)23(25(4,5)6)21-18-13-9-10-14-20(18)26-15-19(21)22/h7-15H,1-6H3. The molecule has 1 heteroatoms. The lowest BCUT2D eigenvalue weighted by molar-refractivity contribution is 0.593. The minimum absolute atomic E-state index is 0.0401. The van der Waals surface area contributed by atoms with Gasteiger partial charge in [0.15, 0.2) is 0 Å². The molecular weight excluding hydrogens is 314 g/mol. The fraction of sp³-hybridized carbons (Fsp3) is 0.320. The fourth-order valence-corrected chi connectivity index (χ4v) is 4.39. The lowest BCUT2D eigenvalue weighted by Crippen LogP contribution is -2.18. The van der Waals surface area contributed by atoms with E-state index in [0.717, 1.165) is 5.52 Å². The van der Waals surface area contributed by atoms with Crippen LogP contribution >= 0.6 is 0 Å². The van der Waals surface area contributed by atoms with E-state index in [2.05, 4.69) is 96.3 Å². The van der Waals surface area contributed by atoms with E-state index in [1.165, 1.54) is 38.1 Å². The van der Waals surface area contributed by atoms with E-state index in [4.69, 9.17) is 4.98 Å². The molecule has 132 valence electrons. The van der Waals surface area contributed by atoms with Crippen LogP contribution in [0, 0.1) is 0 Å². The van der Waals surface area contributed by atoms with Crippen LogP contribution in [0.1, 0.15) is 52.7 Å². The van der Waals surface area contributed by atoms with Crippen molar-refractivity contribution in [1.82, 2.24) is 4.98 Å². The van der Waals surface area contributed by atoms with Crippen molar-refractivity contribution in [3.05, 3.63) is 65.9 Å². The highest BCUT2D eigenvalue weighted by molar-refractivity contribution is 6.16. The summed E-state index contributed by atoms with van der Waals surface area (Å²) in [5.41, 5.74) is 3.97. The van der Waals surface area contributed by atoms with Crippen molar-refractivity contribution in [2.24, 2.45) is 0 Å². The van der Waals surface area contributed by atoms with Gasteiger partial charge in [0, 0.05) is 17.0 Å². The predicted molar refractivity (Wildman–Crippen MR) is 114 cm³/mol. The van der Waals surface area contributed by atoms with E-state index in [1.807, 2.05) is 0 Å². The number of nitrogens with zero attached hydrogens (tertiary/aromatic N) is 1. The first kappa shape index (κ1) is 17.0. The maximum Gasteiger partial charge on any atom is 0.0708 e. The molecule has 0 spiro atoms. The zero-order valence-corrected chi connectivity index (χ0v) is 16.6. The molecule has 3 aromatic carbocycles. The third-order valence-electron chi connectivity index (χ3n) is 5.26. The summed E-state index contributed by atoms with van der Waals surface area (Å²) in [6, 6.07) is 17.4. The number of rotatable bonds is 0. The average Bonchev–Trinajstić information content (AvgIpc) is 2.57. The molecule has 26 heavy (non-hydrogen) atoms. The first-order valence-corrected chi connectivity index (χ1v) is 9.43. The minimum atomic E-state index is 0.0401. The second-order valence-electron chi connectivity index (χ2n) is 9.36. The molecule has 4 aromatic rings. The Bertz CT molecular complexity index is 1140. The smallest absolute Gasteiger partial charge is 0.0708 e. The summed E-state index contributed by atoms with van der Waals surface area (Å²) in [6.07, 6.45) is 2.10. The molecule has 0 saturated heterocycles. The number of aromatic nitrogens is 1. The van der Waals surface area contributed by atoms with E-state index in [9.17, 15) is 0 Å². The van der Waals surface area contributed by atoms with Crippen LogP contribution in [0.25, 0.3) is 32.4 Å². The first-order valence-electron chi connectivity index (χ1n) is 9.43. The first-order chi connectivity index (χ1) is 12.2. The molecular formula is C25H27N. The van der Waals surface area contributed by atoms with E-state index in [0.29, 0.717) is 0 Å². The van der Waals surface area contributed by atoms with Crippen LogP contribution in [0.4, 0.5) is 0 Å². The van der Waals surface area contributed by atoms with Crippen molar-refractivity contribution in [2.75, 3.05) is 0 Å². The zero-order chi connectivity index (χ0) is 18.7. The van der Waals surface area contributed by atoms with Gasteiger partial charge in [-0.3, -0.25) is 4.98 Å². The number of hydrogen-bond donors (Lipinski definition) is 0. The Labute approximate surface area is 156 Å². The van der Waals surface area contributed by atoms with Gasteiger partial charge in [0.25, 0.3) is 0 Å². The second kappa shape index (κ2) is 5.54. The number of para-hydroxylation sites is 1. The highest BCUT2D eigenvalue weighted by Gasteiger charge is 2.28. The van der Waals surface area contributed by atoms with Crippen LogP contribution in [0.15, 0.2) is 54.7 Å². The predicted octanol–water partition coefficient (Wildman–Crippen LogP) is 7.14. The van der Waals surface area contributed by atoms with Gasteiger partial charge in [-0.25, -0.2) is 0 Å². The Morgan fingerprint density at radius 3 is 1.65 bits per heavy atom. The highest BCUT2D eigenvalue weighted by atomic mass is 14.7. The van der Waals surface area contributed by atoms with Gasteiger partial charge in [0.05, 0.1) is 5.52 Å². The molecule has 1 nitrogen and oxygen atoms in total. The molecule has 1 aromatic heterocycles. The topological polar surface area (TPSA) is 12.9 Å². The molecule has 1 heterocycles. The minimum Gasteiger partial charge on any atom is -0.256 e. The molecule has 0 fully saturated rings. The van der Waals surface area contributed by atoms with Crippen molar-refractivity contribution in [3.8, 4) is 0 Å². The van der Waals surface area contributed by atoms with Gasteiger partial charge < -0.3 is 0 Å². The summed E-state index contributed by atoms with van der Waals surface area (Å²) in [4.78, 5) is 4.81. The summed E-state index contributed by atoms with van der Waals surface area (Å²) in [7, 11) is 0. The number of hydrogen-bond acceptors (Lipinski definition) is 1. The number of fused-ring (bicyclic) bond motifs is 4. The van der Waals surface area contributed by atoms with Gasteiger partial charge in [-0.2, -0.15) is 0 Å². The van der Waals surface area contributed by atoms with E-state index in [-0.39, 0.29) is 10.8 Å². The fourth-order valence-electron chi connectivity index (χ4n) is 4.39. The molecule has 0 saturated carbocycles. The summed E-state index contributed by atoms with van der Waals surface area (Å²) in [5, 5.41) is 6.64. The van der Waals surface area contributed by atoms with Gasteiger partial charge in [-0.1, -0.05) is 84.0 Å². The van der Waals surface area contributed by atoms with Gasteiger partial charge >= 0.3 is 0 Å². The molecule has 4 rings (SSSR count). The lowest BCUT2D eigenvalue weighted by atomic mass is 9.74. The SMILES string of the molecule is CC(C)(C)c1c2ccccc2c(C(C)(C)C)c2c1cnc1ccccc12. The molecule has 0 N–H and O–H groups in total. The maximum atomic E-state index is 4.81. The average molecular weight is 341 g/mol. The maximum absolute atomic E-state index is 4.81. The summed E-state index contributed by atoms with van der Waals surface area (Å²) in [5.74, 6) is 0. The molecule has 0 amide bonds. The summed E-state index contributed by atoms with van der Waals surface area (Å²) < 4.78 is 0. The second-order valence-corrected chi connectivity index (χ2v) is 9.36.